The highest BCUT2D eigenvalue weighted by Crippen LogP contribution is 2.12. The van der Waals surface area contributed by atoms with Crippen molar-refractivity contribution in [1.29, 1.82) is 0 Å². The third-order valence-corrected chi connectivity index (χ3v) is 3.90. The van der Waals surface area contributed by atoms with Crippen LogP contribution in [0.3, 0.4) is 0 Å². The molecule has 0 amide bonds. The van der Waals surface area contributed by atoms with Crippen LogP contribution >= 0.6 is 25.3 Å². The molecule has 0 aliphatic heterocycles. The molecule has 6 heteroatoms. The molecule has 1 unspecified atom stereocenters. The lowest BCUT2D eigenvalue weighted by atomic mass is 10.00. The molecule has 0 rings (SSSR count). The van der Waals surface area contributed by atoms with Gasteiger partial charge in [0.15, 0.2) is 5.78 Å². The molecule has 3 N–H and O–H groups in total. The van der Waals surface area contributed by atoms with E-state index in [1.54, 1.807) is 0 Å². The Kier molecular flexibility index (Phi) is 8.11. The van der Waals surface area contributed by atoms with Gasteiger partial charge in [-0.15, -0.1) is 0 Å². The maximum absolute atomic E-state index is 11.8. The van der Waals surface area contributed by atoms with Gasteiger partial charge in [0.2, 0.25) is 0 Å². The van der Waals surface area contributed by atoms with E-state index in [0.717, 1.165) is 0 Å². The number of hydrogen-bond acceptors (Lipinski definition) is 6. The molecular weight excluding hydrogens is 256 g/mol. The number of thiol groups is 2. The Hall–Kier alpha value is -0.0400. The van der Waals surface area contributed by atoms with Gasteiger partial charge in [-0.1, -0.05) is 13.8 Å². The Morgan fingerprint density at radius 1 is 1.41 bits per heavy atom. The molecule has 0 fully saturated rings. The maximum Gasteiger partial charge on any atom is 0.164 e. The number of ketones is 2. The third-order valence-electron chi connectivity index (χ3n) is 2.62. The molecule has 0 heterocycles. The molecule has 0 bridgehead atoms. The molecule has 0 aliphatic carbocycles. The summed E-state index contributed by atoms with van der Waals surface area (Å²) in [6, 6.07) is -1.01. The van der Waals surface area contributed by atoms with Crippen molar-refractivity contribution in [1.82, 2.24) is 5.32 Å². The second-order valence-electron chi connectivity index (χ2n) is 4.45. The first-order valence-corrected chi connectivity index (χ1v) is 6.77. The van der Waals surface area contributed by atoms with Gasteiger partial charge in [-0.05, 0) is 12.8 Å². The molecule has 17 heavy (non-hydrogen) atoms. The van der Waals surface area contributed by atoms with Crippen LogP contribution in [0.4, 0.5) is 0 Å². The van der Waals surface area contributed by atoms with E-state index in [1.807, 2.05) is 13.8 Å². The first-order valence-electron chi connectivity index (χ1n) is 5.62. The monoisotopic (exact) mass is 280 g/mol. The van der Waals surface area contributed by atoms with E-state index in [1.165, 1.54) is 6.92 Å². The smallest absolute Gasteiger partial charge is 0.164 e. The second kappa shape index (κ2) is 8.13. The van der Waals surface area contributed by atoms with E-state index in [2.05, 4.69) is 30.6 Å². The summed E-state index contributed by atoms with van der Waals surface area (Å²) in [5.41, 5.74) is 5.80. The average Bonchev–Trinajstić information content (AvgIpc) is 2.26. The van der Waals surface area contributed by atoms with Crippen LogP contribution in [0.15, 0.2) is 0 Å². The van der Waals surface area contributed by atoms with Gasteiger partial charge in [0.05, 0.1) is 18.6 Å². The fourth-order valence-electron chi connectivity index (χ4n) is 1.28. The van der Waals surface area contributed by atoms with E-state index in [-0.39, 0.29) is 30.7 Å². The standard InChI is InChI=1S/C11H22N2O2S2.H2/c1-6(2)11(17)10(12)9(15)4-13-8(5-16)7(3)14;/h6,8,10-11,13,16-17H,4-5,12H2,1-3H3;1H/t8-,10?,11+;/m0./s1. The van der Waals surface area contributed by atoms with Crippen molar-refractivity contribution in [2.75, 3.05) is 12.3 Å². The van der Waals surface area contributed by atoms with E-state index in [9.17, 15) is 9.59 Å². The van der Waals surface area contributed by atoms with Gasteiger partial charge in [0, 0.05) is 12.4 Å². The van der Waals surface area contributed by atoms with E-state index >= 15 is 0 Å². The molecule has 0 spiro atoms. The molecule has 102 valence electrons. The van der Waals surface area contributed by atoms with Gasteiger partial charge in [0.1, 0.15) is 5.78 Å². The highest BCUT2D eigenvalue weighted by atomic mass is 32.1. The molecule has 0 saturated carbocycles. The number of nitrogens with one attached hydrogen (secondary N) is 1. The number of Topliss-reactive ketones (excluding diaryl/α,β-unsaturated/α-hetero) is 2. The minimum Gasteiger partial charge on any atom is -0.321 e. The van der Waals surface area contributed by atoms with Gasteiger partial charge in [-0.3, -0.25) is 14.9 Å². The molecule has 4 nitrogen and oxygen atoms in total. The van der Waals surface area contributed by atoms with E-state index < -0.39 is 12.1 Å². The van der Waals surface area contributed by atoms with Crippen molar-refractivity contribution in [3.05, 3.63) is 0 Å². The highest BCUT2D eigenvalue weighted by molar-refractivity contribution is 7.81. The molecule has 0 aromatic carbocycles. The van der Waals surface area contributed by atoms with Gasteiger partial charge >= 0.3 is 0 Å². The molecule has 0 saturated heterocycles. The Morgan fingerprint density at radius 2 is 1.94 bits per heavy atom. The average molecular weight is 280 g/mol. The van der Waals surface area contributed by atoms with Crippen molar-refractivity contribution in [2.45, 2.75) is 38.1 Å². The topological polar surface area (TPSA) is 72.2 Å². The number of carbonyl (C=O) groups excluding carboxylic acids is 2. The van der Waals surface area contributed by atoms with Crippen molar-refractivity contribution >= 4 is 36.8 Å². The maximum atomic E-state index is 11.8. The van der Waals surface area contributed by atoms with Crippen molar-refractivity contribution < 1.29 is 11.0 Å². The highest BCUT2D eigenvalue weighted by Gasteiger charge is 2.24. The van der Waals surface area contributed by atoms with Gasteiger partial charge < -0.3 is 5.73 Å². The second-order valence-corrected chi connectivity index (χ2v) is 5.41. The van der Waals surface area contributed by atoms with Crippen LogP contribution in [0.25, 0.3) is 0 Å². The summed E-state index contributed by atoms with van der Waals surface area (Å²) < 4.78 is 0. The van der Waals surface area contributed by atoms with E-state index in [4.69, 9.17) is 5.73 Å². The van der Waals surface area contributed by atoms with Crippen molar-refractivity contribution in [3.63, 3.8) is 0 Å². The Morgan fingerprint density at radius 3 is 2.29 bits per heavy atom. The summed E-state index contributed by atoms with van der Waals surface area (Å²) in [5, 5.41) is 2.68. The minimum absolute atomic E-state index is 0. The first-order chi connectivity index (χ1) is 7.81. The minimum atomic E-state index is -0.613. The molecule has 0 aliphatic rings. The lowest BCUT2D eigenvalue weighted by molar-refractivity contribution is -0.120. The van der Waals surface area contributed by atoms with Gasteiger partial charge in [-0.25, -0.2) is 0 Å². The lowest BCUT2D eigenvalue weighted by Gasteiger charge is -2.22. The molecule has 0 radical (unpaired) electrons. The molecular formula is C11H24N2O2S2. The summed E-state index contributed by atoms with van der Waals surface area (Å²) in [5.74, 6) is 0.428. The third kappa shape index (κ3) is 5.90. The van der Waals surface area contributed by atoms with Gasteiger partial charge in [0.25, 0.3) is 0 Å². The fourth-order valence-corrected chi connectivity index (χ4v) is 1.84. The zero-order valence-corrected chi connectivity index (χ0v) is 12.3. The normalized spacial score (nSPS) is 16.6. The number of nitrogens with two attached hydrogens (primary N) is 1. The Balaban J connectivity index is 0. The molecule has 0 aromatic rings. The van der Waals surface area contributed by atoms with E-state index in [0.29, 0.717) is 5.75 Å². The Labute approximate surface area is 115 Å². The van der Waals surface area contributed by atoms with Crippen LogP contribution in [0.2, 0.25) is 0 Å². The van der Waals surface area contributed by atoms with Crippen LogP contribution in [0, 0.1) is 5.92 Å². The summed E-state index contributed by atoms with van der Waals surface area (Å²) >= 11 is 8.35. The zero-order chi connectivity index (χ0) is 13.6. The van der Waals surface area contributed by atoms with Crippen LogP contribution in [-0.2, 0) is 9.59 Å². The van der Waals surface area contributed by atoms with Crippen LogP contribution in [0.1, 0.15) is 22.2 Å². The van der Waals surface area contributed by atoms with Crippen LogP contribution < -0.4 is 11.1 Å². The van der Waals surface area contributed by atoms with Crippen LogP contribution in [-0.4, -0.2) is 41.2 Å². The fraction of sp³-hybridized carbons (Fsp3) is 0.818. The number of hydrogen-bond donors (Lipinski definition) is 4. The quantitative estimate of drug-likeness (QED) is 0.490. The molecule has 3 atom stereocenters. The summed E-state index contributed by atoms with van der Waals surface area (Å²) in [6.45, 7) is 5.47. The zero-order valence-electron chi connectivity index (χ0n) is 10.5. The van der Waals surface area contributed by atoms with Crippen molar-refractivity contribution in [3.8, 4) is 0 Å². The van der Waals surface area contributed by atoms with Gasteiger partial charge in [-0.2, -0.15) is 25.3 Å². The number of carbonyl (C=O) groups is 2. The number of rotatable bonds is 8. The SMILES string of the molecule is CC(=O)[C@H](CS)NCC(=O)C(N)[C@H](S)C(C)C.[HH]. The van der Waals surface area contributed by atoms with Crippen LogP contribution in [0.5, 0.6) is 0 Å². The Bertz CT molecular complexity index is 278. The summed E-state index contributed by atoms with van der Waals surface area (Å²) in [7, 11) is 0. The summed E-state index contributed by atoms with van der Waals surface area (Å²) in [4.78, 5) is 22.9. The predicted molar refractivity (Wildman–Crippen MR) is 79.0 cm³/mol. The largest absolute Gasteiger partial charge is 0.321 e. The summed E-state index contributed by atoms with van der Waals surface area (Å²) in [6.07, 6.45) is 0. The lowest BCUT2D eigenvalue weighted by Crippen LogP contribution is -2.48. The molecule has 0 aromatic heterocycles. The van der Waals surface area contributed by atoms with Crippen molar-refractivity contribution in [2.24, 2.45) is 11.7 Å². The first kappa shape index (κ1) is 17.0. The predicted octanol–water partition coefficient (Wildman–Crippen LogP) is 0.560.